The van der Waals surface area contributed by atoms with Crippen molar-refractivity contribution in [1.29, 1.82) is 0 Å². The summed E-state index contributed by atoms with van der Waals surface area (Å²) in [4.78, 5) is 25.2. The van der Waals surface area contributed by atoms with Crippen molar-refractivity contribution in [2.45, 2.75) is 26.2 Å². The predicted octanol–water partition coefficient (Wildman–Crippen LogP) is 1.96. The highest BCUT2D eigenvalue weighted by atomic mass is 35.5. The van der Waals surface area contributed by atoms with Gasteiger partial charge in [-0.1, -0.05) is 30.3 Å². The van der Waals surface area contributed by atoms with E-state index in [1.54, 1.807) is 14.0 Å². The van der Waals surface area contributed by atoms with Crippen LogP contribution in [0, 0.1) is 11.3 Å². The van der Waals surface area contributed by atoms with Crippen LogP contribution < -0.4 is 10.6 Å². The fraction of sp³-hybridized carbons (Fsp3) is 0.600. The Balaban J connectivity index is 0.00000364. The summed E-state index contributed by atoms with van der Waals surface area (Å²) >= 11 is 0. The number of benzene rings is 1. The molecule has 1 heterocycles. The van der Waals surface area contributed by atoms with Crippen molar-refractivity contribution in [1.82, 2.24) is 10.6 Å². The van der Waals surface area contributed by atoms with Gasteiger partial charge in [-0.15, -0.1) is 12.4 Å². The Morgan fingerprint density at radius 3 is 2.48 bits per heavy atom. The number of nitrogens with one attached hydrogen (secondary N) is 2. The summed E-state index contributed by atoms with van der Waals surface area (Å²) in [5.74, 6) is -0.714. The molecule has 27 heavy (non-hydrogen) atoms. The molecule has 1 aliphatic rings. The summed E-state index contributed by atoms with van der Waals surface area (Å²) in [5.41, 5.74) is 0.527. The van der Waals surface area contributed by atoms with Crippen LogP contribution in [0.2, 0.25) is 0 Å². The van der Waals surface area contributed by atoms with Gasteiger partial charge in [0, 0.05) is 13.7 Å². The maximum absolute atomic E-state index is 12.9. The summed E-state index contributed by atoms with van der Waals surface area (Å²) in [6.45, 7) is 4.37. The van der Waals surface area contributed by atoms with Gasteiger partial charge in [0.25, 0.3) is 0 Å². The standard InChI is InChI=1S/C20H30N2O4.ClH/c1-3-26-18(23)17(13-16-7-5-4-6-8-16)14-22-19(24)20(15-25-2)9-11-21-12-10-20;/h4-8,17,21H,3,9-15H2,1-2H3,(H,22,24);1H. The average Bonchev–Trinajstić information content (AvgIpc) is 2.66. The second-order valence-electron chi connectivity index (χ2n) is 6.81. The van der Waals surface area contributed by atoms with E-state index in [0.717, 1.165) is 31.5 Å². The lowest BCUT2D eigenvalue weighted by Crippen LogP contribution is -2.51. The maximum Gasteiger partial charge on any atom is 0.311 e. The largest absolute Gasteiger partial charge is 0.466 e. The van der Waals surface area contributed by atoms with Crippen molar-refractivity contribution in [3.8, 4) is 0 Å². The van der Waals surface area contributed by atoms with E-state index in [4.69, 9.17) is 9.47 Å². The summed E-state index contributed by atoms with van der Waals surface area (Å²) in [6.07, 6.45) is 2.00. The number of hydrogen-bond donors (Lipinski definition) is 2. The Morgan fingerprint density at radius 2 is 1.89 bits per heavy atom. The second-order valence-corrected chi connectivity index (χ2v) is 6.81. The molecule has 6 nitrogen and oxygen atoms in total. The Labute approximate surface area is 167 Å². The third-order valence-electron chi connectivity index (χ3n) is 4.92. The molecule has 1 aromatic rings. The van der Waals surface area contributed by atoms with Gasteiger partial charge in [-0.05, 0) is 44.8 Å². The molecule has 0 saturated carbocycles. The van der Waals surface area contributed by atoms with Crippen LogP contribution in [0.3, 0.4) is 0 Å². The van der Waals surface area contributed by atoms with Gasteiger partial charge in [0.2, 0.25) is 5.91 Å². The highest BCUT2D eigenvalue weighted by Crippen LogP contribution is 2.29. The predicted molar refractivity (Wildman–Crippen MR) is 107 cm³/mol. The van der Waals surface area contributed by atoms with Crippen LogP contribution in [0.5, 0.6) is 0 Å². The molecular formula is C20H31ClN2O4. The molecule has 2 N–H and O–H groups in total. The Hall–Kier alpha value is -1.63. The number of piperidine rings is 1. The van der Waals surface area contributed by atoms with Gasteiger partial charge in [-0.25, -0.2) is 0 Å². The number of amides is 1. The van der Waals surface area contributed by atoms with Crippen molar-refractivity contribution in [2.75, 3.05) is 40.0 Å². The molecule has 1 saturated heterocycles. The molecule has 0 spiro atoms. The first-order valence-corrected chi connectivity index (χ1v) is 9.30. The van der Waals surface area contributed by atoms with E-state index in [1.165, 1.54) is 0 Å². The van der Waals surface area contributed by atoms with Crippen LogP contribution in [0.4, 0.5) is 0 Å². The lowest BCUT2D eigenvalue weighted by Gasteiger charge is -2.35. The number of methoxy groups -OCH3 is 1. The summed E-state index contributed by atoms with van der Waals surface area (Å²) in [5, 5.41) is 6.27. The fourth-order valence-electron chi connectivity index (χ4n) is 3.42. The van der Waals surface area contributed by atoms with Crippen LogP contribution in [0.25, 0.3) is 0 Å². The zero-order chi connectivity index (χ0) is 18.8. The van der Waals surface area contributed by atoms with Gasteiger partial charge in [-0.3, -0.25) is 9.59 Å². The number of carbonyl (C=O) groups excluding carboxylic acids is 2. The van der Waals surface area contributed by atoms with Gasteiger partial charge < -0.3 is 20.1 Å². The highest BCUT2D eigenvalue weighted by Gasteiger charge is 2.40. The number of halogens is 1. The van der Waals surface area contributed by atoms with Gasteiger partial charge in [0.1, 0.15) is 0 Å². The molecule has 152 valence electrons. The first kappa shape index (κ1) is 23.4. The quantitative estimate of drug-likeness (QED) is 0.622. The van der Waals surface area contributed by atoms with Gasteiger partial charge in [-0.2, -0.15) is 0 Å². The Bertz CT molecular complexity index is 571. The van der Waals surface area contributed by atoms with E-state index in [-0.39, 0.29) is 30.8 Å². The summed E-state index contributed by atoms with van der Waals surface area (Å²) in [6, 6.07) is 9.79. The molecule has 1 atom stereocenters. The monoisotopic (exact) mass is 398 g/mol. The minimum absolute atomic E-state index is 0. The average molecular weight is 399 g/mol. The normalized spacial score (nSPS) is 16.7. The highest BCUT2D eigenvalue weighted by molar-refractivity contribution is 5.85. The van der Waals surface area contributed by atoms with Crippen molar-refractivity contribution >= 4 is 24.3 Å². The topological polar surface area (TPSA) is 76.7 Å². The summed E-state index contributed by atoms with van der Waals surface area (Å²) < 4.78 is 10.5. The van der Waals surface area contributed by atoms with Crippen LogP contribution in [-0.2, 0) is 25.5 Å². The molecule has 1 fully saturated rings. The molecule has 1 amide bonds. The number of ether oxygens (including phenoxy) is 2. The fourth-order valence-corrected chi connectivity index (χ4v) is 3.42. The minimum atomic E-state index is -0.522. The Morgan fingerprint density at radius 1 is 1.22 bits per heavy atom. The van der Waals surface area contributed by atoms with Crippen LogP contribution >= 0.6 is 12.4 Å². The van der Waals surface area contributed by atoms with Gasteiger partial charge in [0.05, 0.1) is 24.5 Å². The van der Waals surface area contributed by atoms with Gasteiger partial charge in [0.15, 0.2) is 0 Å². The smallest absolute Gasteiger partial charge is 0.311 e. The van der Waals surface area contributed by atoms with E-state index in [9.17, 15) is 9.59 Å². The number of esters is 1. The lowest BCUT2D eigenvalue weighted by molar-refractivity contribution is -0.148. The molecule has 1 unspecified atom stereocenters. The van der Waals surface area contributed by atoms with Crippen molar-refractivity contribution in [3.63, 3.8) is 0 Å². The van der Waals surface area contributed by atoms with Crippen molar-refractivity contribution in [3.05, 3.63) is 35.9 Å². The van der Waals surface area contributed by atoms with E-state index in [1.807, 2.05) is 30.3 Å². The minimum Gasteiger partial charge on any atom is -0.466 e. The van der Waals surface area contributed by atoms with Gasteiger partial charge >= 0.3 is 5.97 Å². The summed E-state index contributed by atoms with van der Waals surface area (Å²) in [7, 11) is 1.62. The van der Waals surface area contributed by atoms with E-state index < -0.39 is 11.3 Å². The molecule has 1 aliphatic heterocycles. The maximum atomic E-state index is 12.9. The SMILES string of the molecule is CCOC(=O)C(CNC(=O)C1(COC)CCNCC1)Cc1ccccc1.Cl. The number of rotatable bonds is 9. The van der Waals surface area contributed by atoms with Crippen LogP contribution in [-0.4, -0.2) is 51.8 Å². The zero-order valence-electron chi connectivity index (χ0n) is 16.2. The van der Waals surface area contributed by atoms with E-state index in [0.29, 0.717) is 19.6 Å². The Kier molecular flexibility index (Phi) is 10.4. The van der Waals surface area contributed by atoms with Crippen molar-refractivity contribution < 1.29 is 19.1 Å². The molecular weight excluding hydrogens is 368 g/mol. The third-order valence-corrected chi connectivity index (χ3v) is 4.92. The zero-order valence-corrected chi connectivity index (χ0v) is 17.0. The molecule has 0 aliphatic carbocycles. The molecule has 0 aromatic heterocycles. The molecule has 7 heteroatoms. The first-order valence-electron chi connectivity index (χ1n) is 9.30. The number of hydrogen-bond acceptors (Lipinski definition) is 5. The molecule has 2 rings (SSSR count). The number of carbonyl (C=O) groups is 2. The third kappa shape index (κ3) is 6.79. The van der Waals surface area contributed by atoms with Crippen LogP contribution in [0.1, 0.15) is 25.3 Å². The van der Waals surface area contributed by atoms with Crippen LogP contribution in [0.15, 0.2) is 30.3 Å². The molecule has 0 radical (unpaired) electrons. The lowest BCUT2D eigenvalue weighted by atomic mass is 9.78. The van der Waals surface area contributed by atoms with E-state index in [2.05, 4.69) is 10.6 Å². The molecule has 1 aromatic carbocycles. The first-order chi connectivity index (χ1) is 12.6. The second kappa shape index (κ2) is 12.0. The van der Waals surface area contributed by atoms with Crippen molar-refractivity contribution in [2.24, 2.45) is 11.3 Å². The molecule has 0 bridgehead atoms. The van der Waals surface area contributed by atoms with E-state index >= 15 is 0 Å².